The molecule has 0 spiro atoms. The molecule has 3 nitrogen and oxygen atoms in total. The van der Waals surface area contributed by atoms with E-state index in [1.807, 2.05) is 48.7 Å². The third-order valence-electron chi connectivity index (χ3n) is 2.62. The zero-order chi connectivity index (χ0) is 13.5. The molecule has 0 aliphatic heterocycles. The summed E-state index contributed by atoms with van der Waals surface area (Å²) in [5.74, 6) is 1.49. The fourth-order valence-electron chi connectivity index (χ4n) is 1.68. The topological polar surface area (TPSA) is 34.1 Å². The van der Waals surface area contributed by atoms with Gasteiger partial charge in [0.1, 0.15) is 5.75 Å². The van der Waals surface area contributed by atoms with Gasteiger partial charge in [0.05, 0.1) is 5.69 Å². The highest BCUT2D eigenvalue weighted by Crippen LogP contribution is 2.30. The van der Waals surface area contributed by atoms with E-state index in [1.165, 1.54) is 0 Å². The van der Waals surface area contributed by atoms with Gasteiger partial charge in [0.2, 0.25) is 5.88 Å². The van der Waals surface area contributed by atoms with Crippen LogP contribution in [0, 0.1) is 0 Å². The molecule has 0 unspecified atom stereocenters. The average Bonchev–Trinajstić information content (AvgIpc) is 2.46. The number of nitrogens with zero attached hydrogens (tertiary/aromatic N) is 1. The predicted molar refractivity (Wildman–Crippen MR) is 79.9 cm³/mol. The van der Waals surface area contributed by atoms with Crippen molar-refractivity contribution in [2.45, 2.75) is 18.4 Å². The van der Waals surface area contributed by atoms with Crippen LogP contribution < -0.4 is 10.1 Å². The lowest BCUT2D eigenvalue weighted by Crippen LogP contribution is -2.12. The summed E-state index contributed by atoms with van der Waals surface area (Å²) in [5, 5.41) is 3.26. The van der Waals surface area contributed by atoms with Gasteiger partial charge in [-0.25, -0.2) is 4.98 Å². The molecule has 19 heavy (non-hydrogen) atoms. The molecule has 1 aromatic carbocycles. The molecule has 0 saturated carbocycles. The van der Waals surface area contributed by atoms with E-state index in [9.17, 15) is 0 Å². The highest BCUT2D eigenvalue weighted by atomic mass is 32.2. The molecule has 0 amide bonds. The van der Waals surface area contributed by atoms with E-state index in [0.29, 0.717) is 5.88 Å². The molecule has 0 atom stereocenters. The first-order chi connectivity index (χ1) is 9.33. The minimum Gasteiger partial charge on any atom is -0.438 e. The Morgan fingerprint density at radius 3 is 2.79 bits per heavy atom. The van der Waals surface area contributed by atoms with Crippen molar-refractivity contribution in [1.29, 1.82) is 0 Å². The van der Waals surface area contributed by atoms with Crippen molar-refractivity contribution in [3.05, 3.63) is 48.2 Å². The standard InChI is InChI=1S/C15H18N2OS/c1-3-16-11-12-7-6-10-15(17-12)18-13-8-4-5-9-14(13)19-2/h4-10,16H,3,11H2,1-2H3. The summed E-state index contributed by atoms with van der Waals surface area (Å²) in [6, 6.07) is 13.8. The van der Waals surface area contributed by atoms with E-state index >= 15 is 0 Å². The van der Waals surface area contributed by atoms with E-state index in [-0.39, 0.29) is 0 Å². The molecule has 0 aliphatic rings. The molecule has 0 saturated heterocycles. The number of para-hydroxylation sites is 1. The Labute approximate surface area is 118 Å². The van der Waals surface area contributed by atoms with Crippen molar-refractivity contribution < 1.29 is 4.74 Å². The predicted octanol–water partition coefficient (Wildman–Crippen LogP) is 3.71. The second-order valence-electron chi connectivity index (χ2n) is 4.00. The van der Waals surface area contributed by atoms with Gasteiger partial charge in [-0.2, -0.15) is 0 Å². The molecule has 4 heteroatoms. The minimum absolute atomic E-state index is 0.636. The summed E-state index contributed by atoms with van der Waals surface area (Å²) in [7, 11) is 0. The minimum atomic E-state index is 0.636. The van der Waals surface area contributed by atoms with Crippen LogP contribution in [0.25, 0.3) is 0 Å². The molecule has 0 radical (unpaired) electrons. The van der Waals surface area contributed by atoms with Crippen LogP contribution in [0.5, 0.6) is 11.6 Å². The van der Waals surface area contributed by atoms with Crippen LogP contribution in [0.3, 0.4) is 0 Å². The van der Waals surface area contributed by atoms with Gasteiger partial charge in [-0.1, -0.05) is 25.1 Å². The summed E-state index contributed by atoms with van der Waals surface area (Å²) in [5.41, 5.74) is 0.987. The van der Waals surface area contributed by atoms with Crippen LogP contribution in [0.15, 0.2) is 47.4 Å². The van der Waals surface area contributed by atoms with E-state index in [1.54, 1.807) is 11.8 Å². The van der Waals surface area contributed by atoms with E-state index in [2.05, 4.69) is 17.2 Å². The first-order valence-electron chi connectivity index (χ1n) is 6.31. The molecule has 0 bridgehead atoms. The van der Waals surface area contributed by atoms with Gasteiger partial charge >= 0.3 is 0 Å². The molecule has 0 fully saturated rings. The highest BCUT2D eigenvalue weighted by Gasteiger charge is 2.04. The van der Waals surface area contributed by atoms with Crippen molar-refractivity contribution in [2.75, 3.05) is 12.8 Å². The summed E-state index contributed by atoms with van der Waals surface area (Å²) in [6.45, 7) is 3.77. The Bertz CT molecular complexity index is 531. The number of pyridine rings is 1. The second kappa shape index (κ2) is 7.16. The number of nitrogens with one attached hydrogen (secondary N) is 1. The lowest BCUT2D eigenvalue weighted by atomic mass is 10.3. The van der Waals surface area contributed by atoms with Crippen molar-refractivity contribution in [2.24, 2.45) is 0 Å². The third kappa shape index (κ3) is 3.98. The summed E-state index contributed by atoms with van der Waals surface area (Å²) >= 11 is 1.67. The number of thioether (sulfide) groups is 1. The first-order valence-corrected chi connectivity index (χ1v) is 7.53. The molecule has 2 rings (SSSR count). The summed E-state index contributed by atoms with van der Waals surface area (Å²) in [6.07, 6.45) is 2.04. The number of ether oxygens (including phenoxy) is 1. The van der Waals surface area contributed by atoms with Gasteiger partial charge in [-0.3, -0.25) is 0 Å². The fraction of sp³-hybridized carbons (Fsp3) is 0.267. The van der Waals surface area contributed by atoms with Crippen molar-refractivity contribution >= 4 is 11.8 Å². The number of hydrogen-bond donors (Lipinski definition) is 1. The van der Waals surface area contributed by atoms with Crippen LogP contribution in [0.1, 0.15) is 12.6 Å². The van der Waals surface area contributed by atoms with Gasteiger partial charge in [0.25, 0.3) is 0 Å². The maximum atomic E-state index is 5.86. The molecule has 100 valence electrons. The Morgan fingerprint density at radius 2 is 2.00 bits per heavy atom. The van der Waals surface area contributed by atoms with E-state index < -0.39 is 0 Å². The normalized spacial score (nSPS) is 10.4. The molecule has 1 heterocycles. The van der Waals surface area contributed by atoms with E-state index in [4.69, 9.17) is 4.74 Å². The zero-order valence-electron chi connectivity index (χ0n) is 11.2. The van der Waals surface area contributed by atoms with E-state index in [0.717, 1.165) is 29.4 Å². The lowest BCUT2D eigenvalue weighted by molar-refractivity contribution is 0.449. The molecular weight excluding hydrogens is 256 g/mol. The molecule has 2 aromatic rings. The molecule has 1 N–H and O–H groups in total. The van der Waals surface area contributed by atoms with Gasteiger partial charge in [-0.05, 0) is 31.0 Å². The lowest BCUT2D eigenvalue weighted by Gasteiger charge is -2.09. The van der Waals surface area contributed by atoms with Crippen molar-refractivity contribution in [3.8, 4) is 11.6 Å². The summed E-state index contributed by atoms with van der Waals surface area (Å²) in [4.78, 5) is 5.60. The number of aromatic nitrogens is 1. The van der Waals surface area contributed by atoms with Crippen LogP contribution in [-0.4, -0.2) is 17.8 Å². The van der Waals surface area contributed by atoms with Gasteiger partial charge < -0.3 is 10.1 Å². The summed E-state index contributed by atoms with van der Waals surface area (Å²) < 4.78 is 5.86. The van der Waals surface area contributed by atoms with Crippen LogP contribution in [0.4, 0.5) is 0 Å². The smallest absolute Gasteiger partial charge is 0.219 e. The SMILES string of the molecule is CCNCc1cccc(Oc2ccccc2SC)n1. The quantitative estimate of drug-likeness (QED) is 0.814. The molecule has 1 aromatic heterocycles. The Hall–Kier alpha value is -1.52. The second-order valence-corrected chi connectivity index (χ2v) is 4.85. The van der Waals surface area contributed by atoms with Crippen molar-refractivity contribution in [1.82, 2.24) is 10.3 Å². The molecule has 0 aliphatic carbocycles. The average molecular weight is 274 g/mol. The highest BCUT2D eigenvalue weighted by molar-refractivity contribution is 7.98. The van der Waals surface area contributed by atoms with Gasteiger partial charge in [0, 0.05) is 17.5 Å². The van der Waals surface area contributed by atoms with Gasteiger partial charge in [-0.15, -0.1) is 11.8 Å². The maximum Gasteiger partial charge on any atom is 0.219 e. The van der Waals surface area contributed by atoms with Crippen LogP contribution >= 0.6 is 11.8 Å². The van der Waals surface area contributed by atoms with Gasteiger partial charge in [0.15, 0.2) is 0 Å². The zero-order valence-corrected chi connectivity index (χ0v) is 12.0. The number of rotatable bonds is 6. The Morgan fingerprint density at radius 1 is 1.16 bits per heavy atom. The van der Waals surface area contributed by atoms with Crippen LogP contribution in [0.2, 0.25) is 0 Å². The maximum absolute atomic E-state index is 5.86. The largest absolute Gasteiger partial charge is 0.438 e. The first kappa shape index (κ1) is 13.9. The monoisotopic (exact) mass is 274 g/mol. The van der Waals surface area contributed by atoms with Crippen LogP contribution in [-0.2, 0) is 6.54 Å². The Kier molecular flexibility index (Phi) is 5.24. The Balaban J connectivity index is 2.14. The fourth-order valence-corrected chi connectivity index (χ4v) is 2.21. The third-order valence-corrected chi connectivity index (χ3v) is 3.40. The number of benzene rings is 1. The molecular formula is C15H18N2OS. The number of hydrogen-bond acceptors (Lipinski definition) is 4. The van der Waals surface area contributed by atoms with Crippen molar-refractivity contribution in [3.63, 3.8) is 0 Å².